The predicted octanol–water partition coefficient (Wildman–Crippen LogP) is 3.69. The lowest BCUT2D eigenvalue weighted by atomic mass is 9.93. The van der Waals surface area contributed by atoms with Crippen LogP contribution >= 0.6 is 0 Å². The number of fused-ring (bicyclic) bond motifs is 2. The summed E-state index contributed by atoms with van der Waals surface area (Å²) in [6.07, 6.45) is 15.6. The minimum absolute atomic E-state index is 0.493. The van der Waals surface area contributed by atoms with Gasteiger partial charge in [-0.3, -0.25) is 4.90 Å². The molecular formula is C17H32N2. The molecule has 3 aliphatic rings. The fraction of sp³-hybridized carbons (Fsp3) is 1.00. The van der Waals surface area contributed by atoms with E-state index in [1.165, 1.54) is 70.6 Å². The Morgan fingerprint density at radius 2 is 1.58 bits per heavy atom. The van der Waals surface area contributed by atoms with Crippen LogP contribution in [0.4, 0.5) is 0 Å². The van der Waals surface area contributed by atoms with Gasteiger partial charge < -0.3 is 5.73 Å². The van der Waals surface area contributed by atoms with Gasteiger partial charge in [-0.05, 0) is 50.9 Å². The van der Waals surface area contributed by atoms with E-state index < -0.39 is 0 Å². The Morgan fingerprint density at radius 3 is 2.26 bits per heavy atom. The molecule has 2 heterocycles. The Labute approximate surface area is 119 Å². The molecular weight excluding hydrogens is 232 g/mol. The van der Waals surface area contributed by atoms with E-state index in [1.807, 2.05) is 0 Å². The Kier molecular flexibility index (Phi) is 4.48. The van der Waals surface area contributed by atoms with Crippen LogP contribution in [0.5, 0.6) is 0 Å². The third-order valence-electron chi connectivity index (χ3n) is 6.00. The predicted molar refractivity (Wildman–Crippen MR) is 81.1 cm³/mol. The molecule has 4 atom stereocenters. The summed E-state index contributed by atoms with van der Waals surface area (Å²) >= 11 is 0. The molecule has 0 radical (unpaired) electrons. The van der Waals surface area contributed by atoms with Crippen LogP contribution in [0.1, 0.15) is 77.6 Å². The van der Waals surface area contributed by atoms with E-state index in [9.17, 15) is 0 Å². The standard InChI is InChI=1S/C17H32N2/c1-2-4-13-5-3-6-15(8-7-13)19-16-9-10-17(19)12-14(18)11-16/h13-17H,2-12,18H2,1H3. The van der Waals surface area contributed by atoms with Gasteiger partial charge in [0.2, 0.25) is 0 Å². The Balaban J connectivity index is 1.60. The summed E-state index contributed by atoms with van der Waals surface area (Å²) < 4.78 is 0. The number of nitrogens with two attached hydrogens (primary N) is 1. The van der Waals surface area contributed by atoms with E-state index in [0.717, 1.165) is 24.0 Å². The molecule has 1 aliphatic carbocycles. The highest BCUT2D eigenvalue weighted by atomic mass is 15.2. The normalized spacial score (nSPS) is 44.2. The summed E-state index contributed by atoms with van der Waals surface area (Å²) in [7, 11) is 0. The van der Waals surface area contributed by atoms with Crippen molar-refractivity contribution in [2.45, 2.75) is 102 Å². The average molecular weight is 264 g/mol. The maximum absolute atomic E-state index is 6.21. The highest BCUT2D eigenvalue weighted by Crippen LogP contribution is 2.40. The van der Waals surface area contributed by atoms with Crippen molar-refractivity contribution in [2.24, 2.45) is 11.7 Å². The number of hydrogen-bond acceptors (Lipinski definition) is 2. The van der Waals surface area contributed by atoms with Gasteiger partial charge in [0.05, 0.1) is 0 Å². The van der Waals surface area contributed by atoms with Crippen LogP contribution in [-0.4, -0.2) is 29.1 Å². The van der Waals surface area contributed by atoms with E-state index in [0.29, 0.717) is 6.04 Å². The summed E-state index contributed by atoms with van der Waals surface area (Å²) in [6.45, 7) is 2.34. The Bertz CT molecular complexity index is 277. The molecule has 2 heteroatoms. The summed E-state index contributed by atoms with van der Waals surface area (Å²) in [5.41, 5.74) is 6.21. The summed E-state index contributed by atoms with van der Waals surface area (Å²) in [4.78, 5) is 2.93. The number of piperidine rings is 1. The highest BCUT2D eigenvalue weighted by Gasteiger charge is 2.42. The number of rotatable bonds is 3. The average Bonchev–Trinajstić information content (AvgIpc) is 2.57. The highest BCUT2D eigenvalue weighted by molar-refractivity contribution is 4.99. The Morgan fingerprint density at radius 1 is 0.895 bits per heavy atom. The third kappa shape index (κ3) is 3.00. The van der Waals surface area contributed by atoms with Gasteiger partial charge in [-0.15, -0.1) is 0 Å². The molecule has 0 aromatic carbocycles. The van der Waals surface area contributed by atoms with E-state index in [1.54, 1.807) is 0 Å². The SMILES string of the molecule is CCCC1CCCC(N2C3CCC2CC(N)C3)CC1. The van der Waals surface area contributed by atoms with Crippen LogP contribution in [0.2, 0.25) is 0 Å². The first-order chi connectivity index (χ1) is 9.28. The van der Waals surface area contributed by atoms with Crippen molar-refractivity contribution in [1.82, 2.24) is 4.90 Å². The van der Waals surface area contributed by atoms with Crippen molar-refractivity contribution >= 4 is 0 Å². The maximum Gasteiger partial charge on any atom is 0.0116 e. The molecule has 3 fully saturated rings. The van der Waals surface area contributed by atoms with Crippen molar-refractivity contribution < 1.29 is 0 Å². The van der Waals surface area contributed by atoms with Crippen molar-refractivity contribution in [1.29, 1.82) is 0 Å². The molecule has 0 aromatic rings. The van der Waals surface area contributed by atoms with Gasteiger partial charge in [-0.25, -0.2) is 0 Å². The second kappa shape index (κ2) is 6.13. The largest absolute Gasteiger partial charge is 0.328 e. The van der Waals surface area contributed by atoms with Gasteiger partial charge in [0.15, 0.2) is 0 Å². The second-order valence-corrected chi connectivity index (χ2v) is 7.38. The monoisotopic (exact) mass is 264 g/mol. The van der Waals surface area contributed by atoms with Gasteiger partial charge in [-0.1, -0.05) is 32.6 Å². The molecule has 2 nitrogen and oxygen atoms in total. The first kappa shape index (κ1) is 13.9. The van der Waals surface area contributed by atoms with Crippen LogP contribution in [-0.2, 0) is 0 Å². The molecule has 0 amide bonds. The molecule has 2 bridgehead atoms. The summed E-state index contributed by atoms with van der Waals surface area (Å²) in [6, 6.07) is 3.06. The number of hydrogen-bond donors (Lipinski definition) is 1. The Hall–Kier alpha value is -0.0800. The van der Waals surface area contributed by atoms with Crippen molar-refractivity contribution in [2.75, 3.05) is 0 Å². The van der Waals surface area contributed by atoms with Crippen LogP contribution in [0.25, 0.3) is 0 Å². The third-order valence-corrected chi connectivity index (χ3v) is 6.00. The molecule has 0 aromatic heterocycles. The van der Waals surface area contributed by atoms with Gasteiger partial charge in [0, 0.05) is 24.2 Å². The topological polar surface area (TPSA) is 29.3 Å². The summed E-state index contributed by atoms with van der Waals surface area (Å²) in [5.74, 6) is 1.03. The zero-order valence-corrected chi connectivity index (χ0v) is 12.7. The minimum atomic E-state index is 0.493. The van der Waals surface area contributed by atoms with E-state index >= 15 is 0 Å². The zero-order chi connectivity index (χ0) is 13.2. The fourth-order valence-electron chi connectivity index (χ4n) is 5.21. The van der Waals surface area contributed by atoms with E-state index in [4.69, 9.17) is 5.73 Å². The van der Waals surface area contributed by atoms with Gasteiger partial charge >= 0.3 is 0 Å². The maximum atomic E-state index is 6.21. The van der Waals surface area contributed by atoms with Crippen LogP contribution < -0.4 is 5.73 Å². The van der Waals surface area contributed by atoms with Crippen molar-refractivity contribution in [3.05, 3.63) is 0 Å². The molecule has 2 N–H and O–H groups in total. The van der Waals surface area contributed by atoms with E-state index in [-0.39, 0.29) is 0 Å². The lowest BCUT2D eigenvalue weighted by molar-refractivity contribution is 0.0686. The zero-order valence-electron chi connectivity index (χ0n) is 12.7. The molecule has 19 heavy (non-hydrogen) atoms. The molecule has 3 rings (SSSR count). The molecule has 2 aliphatic heterocycles. The van der Waals surface area contributed by atoms with Crippen LogP contribution in [0, 0.1) is 5.92 Å². The smallest absolute Gasteiger partial charge is 0.0116 e. The van der Waals surface area contributed by atoms with Crippen LogP contribution in [0.3, 0.4) is 0 Å². The van der Waals surface area contributed by atoms with Crippen molar-refractivity contribution in [3.63, 3.8) is 0 Å². The van der Waals surface area contributed by atoms with E-state index in [2.05, 4.69) is 11.8 Å². The minimum Gasteiger partial charge on any atom is -0.328 e. The molecule has 2 saturated heterocycles. The van der Waals surface area contributed by atoms with Gasteiger partial charge in [0.1, 0.15) is 0 Å². The second-order valence-electron chi connectivity index (χ2n) is 7.38. The number of nitrogens with zero attached hydrogens (tertiary/aromatic N) is 1. The lowest BCUT2D eigenvalue weighted by Gasteiger charge is -2.42. The van der Waals surface area contributed by atoms with Crippen molar-refractivity contribution in [3.8, 4) is 0 Å². The van der Waals surface area contributed by atoms with Gasteiger partial charge in [0.25, 0.3) is 0 Å². The molecule has 0 spiro atoms. The fourth-order valence-corrected chi connectivity index (χ4v) is 5.21. The quantitative estimate of drug-likeness (QED) is 0.788. The summed E-state index contributed by atoms with van der Waals surface area (Å²) in [5, 5.41) is 0. The van der Waals surface area contributed by atoms with Gasteiger partial charge in [-0.2, -0.15) is 0 Å². The first-order valence-corrected chi connectivity index (χ1v) is 8.81. The van der Waals surface area contributed by atoms with Crippen LogP contribution in [0.15, 0.2) is 0 Å². The molecule has 4 unspecified atom stereocenters. The molecule has 1 saturated carbocycles. The molecule has 110 valence electrons. The first-order valence-electron chi connectivity index (χ1n) is 8.81. The lowest BCUT2D eigenvalue weighted by Crippen LogP contribution is -2.51.